The summed E-state index contributed by atoms with van der Waals surface area (Å²) in [4.78, 5) is 0. The Balaban J connectivity index is 3.04. The summed E-state index contributed by atoms with van der Waals surface area (Å²) in [6.07, 6.45) is 6.63. The molecule has 0 aliphatic heterocycles. The lowest BCUT2D eigenvalue weighted by molar-refractivity contribution is 0.648. The molecule has 0 radical (unpaired) electrons. The second-order valence-corrected chi connectivity index (χ2v) is 7.17. The summed E-state index contributed by atoms with van der Waals surface area (Å²) in [5.74, 6) is 0. The molecule has 0 aromatic carbocycles. The van der Waals surface area contributed by atoms with Crippen LogP contribution in [0.5, 0.6) is 0 Å². The molecule has 0 saturated heterocycles. The molecule has 0 rings (SSSR count). The fourth-order valence-corrected chi connectivity index (χ4v) is 1.41. The first-order valence-corrected chi connectivity index (χ1v) is 5.50. The summed E-state index contributed by atoms with van der Waals surface area (Å²) in [7, 11) is 2.17. The van der Waals surface area contributed by atoms with E-state index in [0.29, 0.717) is 0 Å². The van der Waals surface area contributed by atoms with E-state index < -0.39 is 0 Å². The van der Waals surface area contributed by atoms with Crippen LogP contribution in [0, 0.1) is 0 Å². The molecule has 0 saturated carbocycles. The molecule has 0 aliphatic rings. The van der Waals surface area contributed by atoms with Crippen molar-refractivity contribution in [2.24, 2.45) is 0 Å². The van der Waals surface area contributed by atoms with Crippen LogP contribution in [0.15, 0.2) is 0 Å². The normalized spacial score (nSPS) is 16.7. The maximum atomic E-state index is 4.44. The molecule has 3 heteroatoms. The minimum absolute atomic E-state index is 0.214. The highest BCUT2D eigenvalue weighted by Crippen LogP contribution is 2.25. The van der Waals surface area contributed by atoms with Crippen LogP contribution in [0.1, 0.15) is 39.0 Å². The van der Waals surface area contributed by atoms with Gasteiger partial charge in [-0.25, -0.2) is 0 Å². The molecule has 1 unspecified atom stereocenters. The standard InChI is InChI=1S/C7H16BIS/c1-2-3-4-5-6-7(8,9)10/h10H,2-6,8H2,1H3. The number of rotatable bonds is 5. The van der Waals surface area contributed by atoms with Crippen LogP contribution in [-0.4, -0.2) is 10.5 Å². The molecule has 0 fully saturated rings. The third kappa shape index (κ3) is 9.14. The lowest BCUT2D eigenvalue weighted by Gasteiger charge is -2.13. The van der Waals surface area contributed by atoms with E-state index >= 15 is 0 Å². The summed E-state index contributed by atoms with van der Waals surface area (Å²) in [6.45, 7) is 2.24. The Morgan fingerprint density at radius 2 is 2.00 bits per heavy atom. The van der Waals surface area contributed by atoms with Gasteiger partial charge in [0.05, 0.1) is 0 Å². The van der Waals surface area contributed by atoms with Crippen molar-refractivity contribution in [2.75, 3.05) is 0 Å². The average molecular weight is 270 g/mol. The van der Waals surface area contributed by atoms with Crippen molar-refractivity contribution >= 4 is 43.1 Å². The predicted molar refractivity (Wildman–Crippen MR) is 63.0 cm³/mol. The van der Waals surface area contributed by atoms with Crippen molar-refractivity contribution in [2.45, 2.75) is 41.7 Å². The minimum atomic E-state index is 0.214. The van der Waals surface area contributed by atoms with E-state index in [1.54, 1.807) is 0 Å². The van der Waals surface area contributed by atoms with Crippen molar-refractivity contribution in [3.05, 3.63) is 0 Å². The Kier molecular flexibility index (Phi) is 6.41. The number of unbranched alkanes of at least 4 members (excludes halogenated alkanes) is 3. The van der Waals surface area contributed by atoms with Gasteiger partial charge in [-0.1, -0.05) is 55.2 Å². The Labute approximate surface area is 84.5 Å². The largest absolute Gasteiger partial charge is 0.171 e. The van der Waals surface area contributed by atoms with Crippen molar-refractivity contribution in [1.82, 2.24) is 0 Å². The van der Waals surface area contributed by atoms with E-state index in [2.05, 4.69) is 50.0 Å². The molecule has 0 aromatic rings. The number of alkyl halides is 1. The zero-order valence-electron chi connectivity index (χ0n) is 6.86. The van der Waals surface area contributed by atoms with E-state index in [1.807, 2.05) is 0 Å². The van der Waals surface area contributed by atoms with Gasteiger partial charge < -0.3 is 0 Å². The SMILES string of the molecule is BC(S)(I)CCCCCC. The number of halogens is 1. The van der Waals surface area contributed by atoms with Crippen molar-refractivity contribution in [1.29, 1.82) is 0 Å². The van der Waals surface area contributed by atoms with Gasteiger partial charge in [0.25, 0.3) is 0 Å². The molecule has 0 nitrogen and oxygen atoms in total. The first-order valence-electron chi connectivity index (χ1n) is 3.97. The topological polar surface area (TPSA) is 0 Å². The molecule has 0 spiro atoms. The maximum Gasteiger partial charge on any atom is 0.135 e. The predicted octanol–water partition coefficient (Wildman–Crippen LogP) is 2.61. The Morgan fingerprint density at radius 1 is 1.40 bits per heavy atom. The first-order chi connectivity index (χ1) is 4.56. The van der Waals surface area contributed by atoms with Gasteiger partial charge in [-0.2, -0.15) is 12.6 Å². The Morgan fingerprint density at radius 3 is 2.40 bits per heavy atom. The molecule has 1 atom stereocenters. The van der Waals surface area contributed by atoms with E-state index in [0.717, 1.165) is 0 Å². The Hall–Kier alpha value is 1.14. The Bertz CT molecular complexity index is 80.2. The molecule has 0 bridgehead atoms. The van der Waals surface area contributed by atoms with Crippen molar-refractivity contribution in [3.63, 3.8) is 0 Å². The van der Waals surface area contributed by atoms with E-state index in [4.69, 9.17) is 0 Å². The van der Waals surface area contributed by atoms with Gasteiger partial charge >= 0.3 is 0 Å². The number of hydrogen-bond donors (Lipinski definition) is 1. The zero-order chi connectivity index (χ0) is 8.04. The summed E-state index contributed by atoms with van der Waals surface area (Å²) in [5, 5.41) is 0. The van der Waals surface area contributed by atoms with Crippen LogP contribution in [0.3, 0.4) is 0 Å². The summed E-state index contributed by atoms with van der Waals surface area (Å²) >= 11 is 6.84. The van der Waals surface area contributed by atoms with Crippen LogP contribution in [0.25, 0.3) is 0 Å². The molecule has 0 N–H and O–H groups in total. The minimum Gasteiger partial charge on any atom is -0.171 e. The van der Waals surface area contributed by atoms with E-state index in [-0.39, 0.29) is 2.65 Å². The van der Waals surface area contributed by atoms with E-state index in [9.17, 15) is 0 Å². The molecule has 0 aromatic heterocycles. The molecule has 0 heterocycles. The van der Waals surface area contributed by atoms with Gasteiger partial charge in [-0.3, -0.25) is 0 Å². The summed E-state index contributed by atoms with van der Waals surface area (Å²) < 4.78 is 0.214. The maximum absolute atomic E-state index is 4.44. The highest BCUT2D eigenvalue weighted by molar-refractivity contribution is 14.1. The molecule has 0 amide bonds. The second kappa shape index (κ2) is 5.75. The summed E-state index contributed by atoms with van der Waals surface area (Å²) in [6, 6.07) is 0. The van der Waals surface area contributed by atoms with Gasteiger partial charge in [0.2, 0.25) is 0 Å². The molecular weight excluding hydrogens is 254 g/mol. The van der Waals surface area contributed by atoms with Crippen LogP contribution in [0.4, 0.5) is 0 Å². The monoisotopic (exact) mass is 270 g/mol. The van der Waals surface area contributed by atoms with Gasteiger partial charge in [0.1, 0.15) is 7.85 Å². The van der Waals surface area contributed by atoms with Crippen LogP contribution >= 0.6 is 35.2 Å². The average Bonchev–Trinajstić information content (AvgIpc) is 1.78. The third-order valence-corrected chi connectivity index (χ3v) is 2.25. The smallest absolute Gasteiger partial charge is 0.135 e. The molecular formula is C7H16BIS. The van der Waals surface area contributed by atoms with Gasteiger partial charge in [-0.15, -0.1) is 0 Å². The first kappa shape index (κ1) is 11.1. The highest BCUT2D eigenvalue weighted by Gasteiger charge is 2.11. The molecule has 10 heavy (non-hydrogen) atoms. The highest BCUT2D eigenvalue weighted by atomic mass is 127. The lowest BCUT2D eigenvalue weighted by atomic mass is 9.97. The van der Waals surface area contributed by atoms with Crippen molar-refractivity contribution < 1.29 is 0 Å². The number of hydrogen-bond acceptors (Lipinski definition) is 1. The third-order valence-electron chi connectivity index (χ3n) is 1.49. The van der Waals surface area contributed by atoms with E-state index in [1.165, 1.54) is 32.1 Å². The van der Waals surface area contributed by atoms with Gasteiger partial charge in [0.15, 0.2) is 0 Å². The zero-order valence-corrected chi connectivity index (χ0v) is 9.91. The van der Waals surface area contributed by atoms with Gasteiger partial charge in [0, 0.05) is 2.65 Å². The van der Waals surface area contributed by atoms with Crippen LogP contribution in [-0.2, 0) is 0 Å². The fourth-order valence-electron chi connectivity index (χ4n) is 0.874. The fraction of sp³-hybridized carbons (Fsp3) is 1.00. The summed E-state index contributed by atoms with van der Waals surface area (Å²) in [5.41, 5.74) is 0. The van der Waals surface area contributed by atoms with Gasteiger partial charge in [-0.05, 0) is 6.42 Å². The van der Waals surface area contributed by atoms with Crippen LogP contribution in [0.2, 0.25) is 0 Å². The van der Waals surface area contributed by atoms with Crippen LogP contribution < -0.4 is 0 Å². The quantitative estimate of drug-likeness (QED) is 0.256. The second-order valence-electron chi connectivity index (χ2n) is 2.95. The number of thiol groups is 1. The van der Waals surface area contributed by atoms with Crippen molar-refractivity contribution in [3.8, 4) is 0 Å². The molecule has 60 valence electrons. The molecule has 0 aliphatic carbocycles. The lowest BCUT2D eigenvalue weighted by Crippen LogP contribution is -2.10.